The second-order valence-electron chi connectivity index (χ2n) is 4.03. The molecule has 1 aromatic rings. The van der Waals surface area contributed by atoms with Gasteiger partial charge in [0.15, 0.2) is 0 Å². The molecule has 1 aromatic heterocycles. The molecule has 18 heavy (non-hydrogen) atoms. The monoisotopic (exact) mass is 270 g/mol. The average Bonchev–Trinajstić information content (AvgIpc) is 2.78. The smallest absolute Gasteiger partial charge is 0.345 e. The fraction of sp³-hybridized carbons (Fsp3) is 0.455. The third-order valence-electron chi connectivity index (χ3n) is 2.80. The van der Waals surface area contributed by atoms with E-state index in [4.69, 9.17) is 15.6 Å². The minimum Gasteiger partial charge on any atom is -0.477 e. The molecule has 2 heterocycles. The number of primary amides is 1. The molecule has 7 heteroatoms. The normalized spacial score (nSPS) is 20.8. The lowest BCUT2D eigenvalue weighted by Crippen LogP contribution is -2.51. The van der Waals surface area contributed by atoms with E-state index in [0.717, 1.165) is 4.88 Å². The third kappa shape index (κ3) is 2.87. The molecule has 0 radical (unpaired) electrons. The third-order valence-corrected chi connectivity index (χ3v) is 3.86. The van der Waals surface area contributed by atoms with Gasteiger partial charge in [-0.3, -0.25) is 9.69 Å². The molecule has 2 rings (SSSR count). The zero-order chi connectivity index (χ0) is 13.1. The Morgan fingerprint density at radius 1 is 1.56 bits per heavy atom. The molecule has 0 aliphatic carbocycles. The van der Waals surface area contributed by atoms with Crippen molar-refractivity contribution in [3.05, 3.63) is 21.9 Å². The van der Waals surface area contributed by atoms with E-state index in [0.29, 0.717) is 31.2 Å². The van der Waals surface area contributed by atoms with Crippen LogP contribution in [-0.2, 0) is 16.1 Å². The van der Waals surface area contributed by atoms with Crippen LogP contribution >= 0.6 is 11.3 Å². The van der Waals surface area contributed by atoms with Crippen LogP contribution in [0.25, 0.3) is 0 Å². The van der Waals surface area contributed by atoms with Crippen molar-refractivity contribution in [2.45, 2.75) is 12.6 Å². The van der Waals surface area contributed by atoms with E-state index in [1.54, 1.807) is 12.1 Å². The van der Waals surface area contributed by atoms with Gasteiger partial charge in [-0.15, -0.1) is 11.3 Å². The highest BCUT2D eigenvalue weighted by Gasteiger charge is 2.27. The van der Waals surface area contributed by atoms with Crippen molar-refractivity contribution in [3.8, 4) is 0 Å². The van der Waals surface area contributed by atoms with E-state index in [1.165, 1.54) is 11.3 Å². The van der Waals surface area contributed by atoms with Gasteiger partial charge in [-0.05, 0) is 12.1 Å². The average molecular weight is 270 g/mol. The lowest BCUT2D eigenvalue weighted by Gasteiger charge is -2.32. The highest BCUT2D eigenvalue weighted by molar-refractivity contribution is 7.13. The fourth-order valence-corrected chi connectivity index (χ4v) is 2.74. The first-order valence-corrected chi connectivity index (χ1v) is 6.32. The van der Waals surface area contributed by atoms with Crippen molar-refractivity contribution < 1.29 is 19.4 Å². The Morgan fingerprint density at radius 3 is 2.94 bits per heavy atom. The maximum atomic E-state index is 11.3. The van der Waals surface area contributed by atoms with E-state index in [2.05, 4.69) is 0 Å². The van der Waals surface area contributed by atoms with Gasteiger partial charge >= 0.3 is 5.97 Å². The number of hydrogen-bond donors (Lipinski definition) is 2. The molecule has 1 fully saturated rings. The van der Waals surface area contributed by atoms with Crippen LogP contribution in [0.3, 0.4) is 0 Å². The van der Waals surface area contributed by atoms with Gasteiger partial charge in [-0.1, -0.05) is 0 Å². The molecule has 0 spiro atoms. The predicted molar refractivity (Wildman–Crippen MR) is 65.5 cm³/mol. The van der Waals surface area contributed by atoms with Crippen LogP contribution in [0, 0.1) is 0 Å². The van der Waals surface area contributed by atoms with Gasteiger partial charge in [0.05, 0.1) is 13.2 Å². The second kappa shape index (κ2) is 5.47. The molecule has 1 aliphatic rings. The molecule has 1 amide bonds. The van der Waals surface area contributed by atoms with Gasteiger partial charge in [0.25, 0.3) is 0 Å². The number of nitrogens with two attached hydrogens (primary N) is 1. The molecule has 1 unspecified atom stereocenters. The summed E-state index contributed by atoms with van der Waals surface area (Å²) in [5.41, 5.74) is 5.31. The SMILES string of the molecule is NC(=O)C1COCCN1Cc1ccc(C(=O)O)s1. The van der Waals surface area contributed by atoms with Crippen LogP contribution < -0.4 is 5.73 Å². The summed E-state index contributed by atoms with van der Waals surface area (Å²) in [5, 5.41) is 8.85. The Morgan fingerprint density at radius 2 is 2.33 bits per heavy atom. The summed E-state index contributed by atoms with van der Waals surface area (Å²) < 4.78 is 5.22. The molecule has 6 nitrogen and oxygen atoms in total. The topological polar surface area (TPSA) is 92.9 Å². The number of thiophene rings is 1. The quantitative estimate of drug-likeness (QED) is 0.811. The Labute approximate surface area is 108 Å². The minimum atomic E-state index is -0.931. The Kier molecular flexibility index (Phi) is 3.95. The Hall–Kier alpha value is -1.44. The lowest BCUT2D eigenvalue weighted by molar-refractivity contribution is -0.129. The number of carboxylic acid groups (broad SMARTS) is 1. The number of nitrogens with zero attached hydrogens (tertiary/aromatic N) is 1. The number of amides is 1. The van der Waals surface area contributed by atoms with Crippen molar-refractivity contribution in [1.82, 2.24) is 4.90 Å². The Bertz CT molecular complexity index is 460. The zero-order valence-electron chi connectivity index (χ0n) is 9.67. The summed E-state index contributed by atoms with van der Waals surface area (Å²) in [4.78, 5) is 25.2. The van der Waals surface area contributed by atoms with Gasteiger partial charge in [-0.25, -0.2) is 4.79 Å². The van der Waals surface area contributed by atoms with E-state index in [9.17, 15) is 9.59 Å². The zero-order valence-corrected chi connectivity index (χ0v) is 10.5. The predicted octanol–water partition coefficient (Wildman–Crippen LogP) is 0.132. The largest absolute Gasteiger partial charge is 0.477 e. The number of hydrogen-bond acceptors (Lipinski definition) is 5. The van der Waals surface area contributed by atoms with Crippen LogP contribution in [0.15, 0.2) is 12.1 Å². The van der Waals surface area contributed by atoms with Crippen molar-refractivity contribution in [3.63, 3.8) is 0 Å². The Balaban J connectivity index is 2.06. The molecular weight excluding hydrogens is 256 g/mol. The van der Waals surface area contributed by atoms with Crippen molar-refractivity contribution >= 4 is 23.2 Å². The first-order chi connectivity index (χ1) is 8.58. The van der Waals surface area contributed by atoms with E-state index >= 15 is 0 Å². The lowest BCUT2D eigenvalue weighted by atomic mass is 10.2. The summed E-state index contributed by atoms with van der Waals surface area (Å²) in [5.74, 6) is -1.34. The summed E-state index contributed by atoms with van der Waals surface area (Å²) in [7, 11) is 0. The molecule has 1 saturated heterocycles. The van der Waals surface area contributed by atoms with Gasteiger partial charge in [0.2, 0.25) is 5.91 Å². The number of carbonyl (C=O) groups excluding carboxylic acids is 1. The fourth-order valence-electron chi connectivity index (χ4n) is 1.87. The van der Waals surface area contributed by atoms with Gasteiger partial charge < -0.3 is 15.6 Å². The number of rotatable bonds is 4. The van der Waals surface area contributed by atoms with Crippen molar-refractivity contribution in [1.29, 1.82) is 0 Å². The number of ether oxygens (including phenoxy) is 1. The van der Waals surface area contributed by atoms with Crippen LogP contribution in [0.5, 0.6) is 0 Å². The summed E-state index contributed by atoms with van der Waals surface area (Å²) in [6.45, 7) is 2.00. The molecule has 1 atom stereocenters. The van der Waals surface area contributed by atoms with Gasteiger partial charge in [0, 0.05) is 18.0 Å². The number of morpholine rings is 1. The maximum absolute atomic E-state index is 11.3. The first kappa shape index (κ1) is 13.0. The first-order valence-electron chi connectivity index (χ1n) is 5.51. The van der Waals surface area contributed by atoms with Gasteiger partial charge in [0.1, 0.15) is 10.9 Å². The number of carboxylic acids is 1. The van der Waals surface area contributed by atoms with E-state index in [-0.39, 0.29) is 0 Å². The van der Waals surface area contributed by atoms with Crippen LogP contribution in [0.4, 0.5) is 0 Å². The molecule has 1 aliphatic heterocycles. The minimum absolute atomic E-state index is 0.298. The standard InChI is InChI=1S/C11H14N2O4S/c12-10(14)8-6-17-4-3-13(8)5-7-1-2-9(18-7)11(15)16/h1-2,8H,3-6H2,(H2,12,14)(H,15,16). The highest BCUT2D eigenvalue weighted by Crippen LogP contribution is 2.20. The van der Waals surface area contributed by atoms with Crippen LogP contribution in [0.2, 0.25) is 0 Å². The summed E-state index contributed by atoms with van der Waals surface area (Å²) in [6.07, 6.45) is 0. The summed E-state index contributed by atoms with van der Waals surface area (Å²) >= 11 is 1.21. The number of aromatic carboxylic acids is 1. The molecule has 3 N–H and O–H groups in total. The highest BCUT2D eigenvalue weighted by atomic mass is 32.1. The van der Waals surface area contributed by atoms with Gasteiger partial charge in [-0.2, -0.15) is 0 Å². The molecule has 0 aromatic carbocycles. The molecule has 0 bridgehead atoms. The second-order valence-corrected chi connectivity index (χ2v) is 5.20. The van der Waals surface area contributed by atoms with Crippen LogP contribution in [0.1, 0.15) is 14.5 Å². The van der Waals surface area contributed by atoms with E-state index < -0.39 is 17.9 Å². The van der Waals surface area contributed by atoms with Crippen molar-refractivity contribution in [2.24, 2.45) is 5.73 Å². The molecule has 98 valence electrons. The van der Waals surface area contributed by atoms with Crippen molar-refractivity contribution in [2.75, 3.05) is 19.8 Å². The molecular formula is C11H14N2O4S. The van der Waals surface area contributed by atoms with Crippen LogP contribution in [-0.4, -0.2) is 47.7 Å². The molecule has 0 saturated carbocycles. The maximum Gasteiger partial charge on any atom is 0.345 e. The number of carbonyl (C=O) groups is 2. The summed E-state index contributed by atoms with van der Waals surface area (Å²) in [6, 6.07) is 2.90. The van der Waals surface area contributed by atoms with E-state index in [1.807, 2.05) is 4.90 Å².